The first-order valence-corrected chi connectivity index (χ1v) is 8.27. The molecular weight excluding hydrogens is 338 g/mol. The minimum Gasteiger partial charge on any atom is -0.506 e. The fraction of sp³-hybridized carbons (Fsp3) is 0.211. The lowest BCUT2D eigenvalue weighted by Gasteiger charge is -2.16. The van der Waals surface area contributed by atoms with E-state index in [0.717, 1.165) is 35.7 Å². The van der Waals surface area contributed by atoms with E-state index >= 15 is 0 Å². The first kappa shape index (κ1) is 17.3. The van der Waals surface area contributed by atoms with Crippen molar-refractivity contribution in [3.05, 3.63) is 71.0 Å². The van der Waals surface area contributed by atoms with Crippen LogP contribution < -0.4 is 4.74 Å². The van der Waals surface area contributed by atoms with Crippen LogP contribution >= 0.6 is 11.6 Å². The fourth-order valence-corrected chi connectivity index (χ4v) is 2.87. The average Bonchev–Trinajstić information content (AvgIpc) is 3.06. The molecule has 1 aromatic heterocycles. The van der Waals surface area contributed by atoms with Crippen molar-refractivity contribution >= 4 is 11.6 Å². The molecule has 25 heavy (non-hydrogen) atoms. The largest absolute Gasteiger partial charge is 0.506 e. The van der Waals surface area contributed by atoms with Crippen LogP contribution in [0.5, 0.6) is 11.5 Å². The lowest BCUT2D eigenvalue weighted by Crippen LogP contribution is -2.16. The summed E-state index contributed by atoms with van der Waals surface area (Å²) in [5.74, 6) is 0.906. The topological polar surface area (TPSA) is 50.5 Å². The van der Waals surface area contributed by atoms with Gasteiger partial charge in [-0.15, -0.1) is 0 Å². The molecule has 5 nitrogen and oxygen atoms in total. The molecule has 1 N–H and O–H groups in total. The Balaban J connectivity index is 1.67. The maximum absolute atomic E-state index is 9.50. The number of aromatic hydroxyl groups is 1. The van der Waals surface area contributed by atoms with Crippen LogP contribution in [0.4, 0.5) is 0 Å². The number of halogens is 1. The predicted octanol–water partition coefficient (Wildman–Crippen LogP) is 3.87. The number of aromatic nitrogens is 2. The predicted molar refractivity (Wildman–Crippen MR) is 98.4 cm³/mol. The number of benzene rings is 2. The summed E-state index contributed by atoms with van der Waals surface area (Å²) in [5.41, 5.74) is 3.11. The molecule has 0 saturated heterocycles. The Kier molecular flexibility index (Phi) is 5.26. The highest BCUT2D eigenvalue weighted by Crippen LogP contribution is 2.24. The van der Waals surface area contributed by atoms with Crippen molar-refractivity contribution in [2.75, 3.05) is 14.2 Å². The van der Waals surface area contributed by atoms with Gasteiger partial charge in [0.25, 0.3) is 0 Å². The average molecular weight is 358 g/mol. The molecule has 0 saturated carbocycles. The van der Waals surface area contributed by atoms with Gasteiger partial charge in [-0.05, 0) is 36.9 Å². The van der Waals surface area contributed by atoms with E-state index in [1.54, 1.807) is 19.2 Å². The number of phenols is 1. The zero-order valence-electron chi connectivity index (χ0n) is 14.2. The zero-order valence-corrected chi connectivity index (χ0v) is 14.9. The van der Waals surface area contributed by atoms with Crippen LogP contribution in [0.2, 0.25) is 5.02 Å². The van der Waals surface area contributed by atoms with Crippen molar-refractivity contribution in [1.29, 1.82) is 0 Å². The summed E-state index contributed by atoms with van der Waals surface area (Å²) in [6.45, 7) is 1.48. The zero-order chi connectivity index (χ0) is 17.8. The molecule has 3 rings (SSSR count). The summed E-state index contributed by atoms with van der Waals surface area (Å²) in [6, 6.07) is 13.1. The van der Waals surface area contributed by atoms with Crippen LogP contribution in [-0.2, 0) is 13.1 Å². The highest BCUT2D eigenvalue weighted by atomic mass is 35.5. The van der Waals surface area contributed by atoms with E-state index < -0.39 is 0 Å². The number of rotatable bonds is 6. The van der Waals surface area contributed by atoms with Crippen LogP contribution in [0.1, 0.15) is 11.1 Å². The van der Waals surface area contributed by atoms with E-state index in [2.05, 4.69) is 10.00 Å². The normalized spacial score (nSPS) is 11.0. The van der Waals surface area contributed by atoms with Crippen molar-refractivity contribution in [1.82, 2.24) is 14.7 Å². The molecule has 0 atom stereocenters. The van der Waals surface area contributed by atoms with Crippen LogP contribution in [0.3, 0.4) is 0 Å². The maximum atomic E-state index is 9.50. The van der Waals surface area contributed by atoms with Gasteiger partial charge >= 0.3 is 0 Å². The van der Waals surface area contributed by atoms with Crippen LogP contribution in [0.25, 0.3) is 5.69 Å². The molecule has 0 unspecified atom stereocenters. The number of ether oxygens (including phenoxy) is 1. The van der Waals surface area contributed by atoms with Gasteiger partial charge in [0.1, 0.15) is 11.5 Å². The number of nitrogens with zero attached hydrogens (tertiary/aromatic N) is 3. The molecule has 1 heterocycles. The molecular formula is C19H20ClN3O2. The molecule has 0 spiro atoms. The van der Waals surface area contributed by atoms with E-state index in [9.17, 15) is 5.11 Å². The number of hydrogen-bond acceptors (Lipinski definition) is 4. The second-order valence-electron chi connectivity index (χ2n) is 5.95. The third-order valence-corrected chi connectivity index (χ3v) is 4.17. The van der Waals surface area contributed by atoms with Gasteiger partial charge in [0, 0.05) is 30.9 Å². The van der Waals surface area contributed by atoms with Crippen molar-refractivity contribution in [2.24, 2.45) is 0 Å². The Morgan fingerprint density at radius 2 is 1.96 bits per heavy atom. The first-order chi connectivity index (χ1) is 12.0. The van der Waals surface area contributed by atoms with Crippen molar-refractivity contribution in [3.63, 3.8) is 0 Å². The highest BCUT2D eigenvalue weighted by molar-refractivity contribution is 6.32. The van der Waals surface area contributed by atoms with Crippen molar-refractivity contribution in [2.45, 2.75) is 13.1 Å². The molecule has 130 valence electrons. The summed E-state index contributed by atoms with van der Waals surface area (Å²) < 4.78 is 7.09. The lowest BCUT2D eigenvalue weighted by molar-refractivity contribution is 0.319. The molecule has 6 heteroatoms. The van der Waals surface area contributed by atoms with Crippen LogP contribution in [0.15, 0.2) is 54.9 Å². The lowest BCUT2D eigenvalue weighted by atomic mass is 10.2. The highest BCUT2D eigenvalue weighted by Gasteiger charge is 2.07. The first-order valence-electron chi connectivity index (χ1n) is 7.89. The second-order valence-corrected chi connectivity index (χ2v) is 6.36. The molecule has 0 fully saturated rings. The van der Waals surface area contributed by atoms with E-state index in [-0.39, 0.29) is 5.75 Å². The van der Waals surface area contributed by atoms with E-state index in [1.807, 2.05) is 54.5 Å². The van der Waals surface area contributed by atoms with Gasteiger partial charge in [-0.25, -0.2) is 4.68 Å². The van der Waals surface area contributed by atoms with Crippen molar-refractivity contribution in [3.8, 4) is 17.2 Å². The number of phenolic OH excluding ortho intramolecular Hbond substituents is 1. The Morgan fingerprint density at radius 1 is 1.16 bits per heavy atom. The van der Waals surface area contributed by atoms with Gasteiger partial charge in [0.2, 0.25) is 0 Å². The van der Waals surface area contributed by atoms with Gasteiger partial charge in [0.05, 0.1) is 24.0 Å². The molecule has 0 aliphatic heterocycles. The molecule has 0 amide bonds. The van der Waals surface area contributed by atoms with Gasteiger partial charge < -0.3 is 9.84 Å². The Morgan fingerprint density at radius 3 is 2.72 bits per heavy atom. The van der Waals surface area contributed by atoms with Gasteiger partial charge in [-0.3, -0.25) is 4.90 Å². The Labute approximate surface area is 152 Å². The van der Waals surface area contributed by atoms with E-state index in [1.165, 1.54) is 0 Å². The molecule has 0 bridgehead atoms. The summed E-state index contributed by atoms with van der Waals surface area (Å²) in [4.78, 5) is 2.16. The third-order valence-electron chi connectivity index (χ3n) is 3.87. The third kappa shape index (κ3) is 4.32. The standard InChI is InChI=1S/C19H20ClN3O2/c1-22(11-14-6-7-19(24)18(20)8-14)12-15-10-21-23(13-15)16-4-3-5-17(9-16)25-2/h3-10,13,24H,11-12H2,1-2H3. The quantitative estimate of drug-likeness (QED) is 0.727. The van der Waals surface area contributed by atoms with Gasteiger partial charge in [-0.2, -0.15) is 5.10 Å². The monoisotopic (exact) mass is 357 g/mol. The number of methoxy groups -OCH3 is 1. The summed E-state index contributed by atoms with van der Waals surface area (Å²) in [5, 5.41) is 14.3. The van der Waals surface area contributed by atoms with Gasteiger partial charge in [0.15, 0.2) is 0 Å². The van der Waals surface area contributed by atoms with Gasteiger partial charge in [-0.1, -0.05) is 23.7 Å². The second kappa shape index (κ2) is 7.59. The Bertz CT molecular complexity index is 863. The van der Waals surface area contributed by atoms with Crippen molar-refractivity contribution < 1.29 is 9.84 Å². The minimum atomic E-state index is 0.104. The Hall–Kier alpha value is -2.50. The van der Waals surface area contributed by atoms with E-state index in [4.69, 9.17) is 16.3 Å². The molecule has 2 aromatic carbocycles. The van der Waals surface area contributed by atoms with Crippen LogP contribution in [-0.4, -0.2) is 33.9 Å². The summed E-state index contributed by atoms with van der Waals surface area (Å²) >= 11 is 5.96. The number of hydrogen-bond donors (Lipinski definition) is 1. The smallest absolute Gasteiger partial charge is 0.134 e. The summed E-state index contributed by atoms with van der Waals surface area (Å²) in [6.07, 6.45) is 3.87. The molecule has 0 radical (unpaired) electrons. The molecule has 0 aliphatic carbocycles. The van der Waals surface area contributed by atoms with E-state index in [0.29, 0.717) is 5.02 Å². The van der Waals surface area contributed by atoms with Crippen LogP contribution in [0, 0.1) is 0 Å². The minimum absolute atomic E-state index is 0.104. The maximum Gasteiger partial charge on any atom is 0.134 e. The molecule has 0 aliphatic rings. The fourth-order valence-electron chi connectivity index (χ4n) is 2.66. The summed E-state index contributed by atoms with van der Waals surface area (Å²) in [7, 11) is 3.68. The SMILES string of the molecule is COc1cccc(-n2cc(CN(C)Cc3ccc(O)c(Cl)c3)cn2)c1. The molecule has 3 aromatic rings.